The standard InChI is InChI=1S/C23H22N6S/c24-13-16-5-8-25-22(11-16)28-23-27-21(15-30-23)17-6-9-29(10-7-17)14-19-12-18-3-1-2-4-20(18)26-19/h1-5,8,11-12,15,17,26H,6-7,9-10,14H2,(H,25,27,28). The molecule has 0 aliphatic carbocycles. The molecule has 0 atom stereocenters. The minimum atomic E-state index is 0.495. The highest BCUT2D eigenvalue weighted by Gasteiger charge is 2.23. The van der Waals surface area contributed by atoms with Crippen LogP contribution in [0.1, 0.15) is 35.7 Å². The number of hydrogen-bond donors (Lipinski definition) is 2. The van der Waals surface area contributed by atoms with Crippen molar-refractivity contribution >= 4 is 33.2 Å². The SMILES string of the molecule is N#Cc1ccnc(Nc2nc(C3CCN(Cc4cc5ccccc5[nH]4)CC3)cs2)c1. The van der Waals surface area contributed by atoms with E-state index in [1.165, 1.54) is 16.6 Å². The summed E-state index contributed by atoms with van der Waals surface area (Å²) in [5.74, 6) is 1.15. The highest BCUT2D eigenvalue weighted by atomic mass is 32.1. The predicted octanol–water partition coefficient (Wildman–Crippen LogP) is 5.01. The van der Waals surface area contributed by atoms with Gasteiger partial charge in [-0.3, -0.25) is 4.90 Å². The Morgan fingerprint density at radius 3 is 2.90 bits per heavy atom. The molecular weight excluding hydrogens is 392 g/mol. The van der Waals surface area contributed by atoms with Gasteiger partial charge in [0.2, 0.25) is 0 Å². The van der Waals surface area contributed by atoms with E-state index in [1.54, 1.807) is 29.7 Å². The Balaban J connectivity index is 1.18. The number of piperidine rings is 1. The van der Waals surface area contributed by atoms with Crippen molar-refractivity contribution in [3.63, 3.8) is 0 Å². The third kappa shape index (κ3) is 4.06. The first kappa shape index (κ1) is 18.8. The van der Waals surface area contributed by atoms with Gasteiger partial charge in [-0.05, 0) is 55.6 Å². The summed E-state index contributed by atoms with van der Waals surface area (Å²) in [7, 11) is 0. The number of H-pyrrole nitrogens is 1. The summed E-state index contributed by atoms with van der Waals surface area (Å²) in [5, 5.41) is 16.5. The number of para-hydroxylation sites is 1. The van der Waals surface area contributed by atoms with Gasteiger partial charge in [-0.2, -0.15) is 5.26 Å². The molecule has 0 bridgehead atoms. The van der Waals surface area contributed by atoms with Crippen molar-refractivity contribution in [1.82, 2.24) is 19.9 Å². The molecule has 0 radical (unpaired) electrons. The maximum Gasteiger partial charge on any atom is 0.188 e. The summed E-state index contributed by atoms with van der Waals surface area (Å²) in [6.07, 6.45) is 3.87. The molecule has 30 heavy (non-hydrogen) atoms. The van der Waals surface area contributed by atoms with Gasteiger partial charge in [0.05, 0.1) is 17.3 Å². The van der Waals surface area contributed by atoms with Crippen LogP contribution in [0, 0.1) is 11.3 Å². The normalized spacial score (nSPS) is 15.3. The van der Waals surface area contributed by atoms with Crippen molar-refractivity contribution in [2.24, 2.45) is 0 Å². The third-order valence-electron chi connectivity index (χ3n) is 5.63. The van der Waals surface area contributed by atoms with Crippen LogP contribution in [-0.2, 0) is 6.54 Å². The predicted molar refractivity (Wildman–Crippen MR) is 120 cm³/mol. The Hall–Kier alpha value is -3.21. The maximum atomic E-state index is 9.03. The maximum absolute atomic E-state index is 9.03. The average molecular weight is 415 g/mol. The highest BCUT2D eigenvalue weighted by molar-refractivity contribution is 7.13. The summed E-state index contributed by atoms with van der Waals surface area (Å²) in [6, 6.07) is 16.3. The monoisotopic (exact) mass is 414 g/mol. The molecule has 1 aliphatic rings. The van der Waals surface area contributed by atoms with E-state index in [4.69, 9.17) is 10.2 Å². The van der Waals surface area contributed by atoms with E-state index in [1.807, 2.05) is 0 Å². The number of nitrogens with one attached hydrogen (secondary N) is 2. The van der Waals surface area contributed by atoms with Gasteiger partial charge in [-0.1, -0.05) is 18.2 Å². The van der Waals surface area contributed by atoms with E-state index < -0.39 is 0 Å². The van der Waals surface area contributed by atoms with Gasteiger partial charge in [0.25, 0.3) is 0 Å². The van der Waals surface area contributed by atoms with Crippen LogP contribution < -0.4 is 5.32 Å². The van der Waals surface area contributed by atoms with E-state index >= 15 is 0 Å². The zero-order valence-electron chi connectivity index (χ0n) is 16.5. The summed E-state index contributed by atoms with van der Waals surface area (Å²) in [4.78, 5) is 15.1. The Kier molecular flexibility index (Phi) is 5.18. The second-order valence-electron chi connectivity index (χ2n) is 7.68. The van der Waals surface area contributed by atoms with Crippen LogP contribution in [0.25, 0.3) is 10.9 Å². The number of anilines is 2. The molecule has 0 spiro atoms. The topological polar surface area (TPSA) is 80.6 Å². The number of rotatable bonds is 5. The lowest BCUT2D eigenvalue weighted by Gasteiger charge is -2.30. The smallest absolute Gasteiger partial charge is 0.188 e. The van der Waals surface area contributed by atoms with Crippen LogP contribution in [0.5, 0.6) is 0 Å². The fourth-order valence-corrected chi connectivity index (χ4v) is 4.85. The Morgan fingerprint density at radius 1 is 1.20 bits per heavy atom. The Labute approximate surface area is 179 Å². The van der Waals surface area contributed by atoms with E-state index in [-0.39, 0.29) is 0 Å². The number of nitrogens with zero attached hydrogens (tertiary/aromatic N) is 4. The van der Waals surface area contributed by atoms with Crippen molar-refractivity contribution < 1.29 is 0 Å². The minimum Gasteiger partial charge on any atom is -0.357 e. The molecule has 7 heteroatoms. The molecule has 150 valence electrons. The molecule has 6 nitrogen and oxygen atoms in total. The van der Waals surface area contributed by atoms with Gasteiger partial charge in [0.1, 0.15) is 5.82 Å². The molecule has 0 unspecified atom stereocenters. The molecular formula is C23H22N6S. The number of nitriles is 1. The van der Waals surface area contributed by atoms with Gasteiger partial charge < -0.3 is 10.3 Å². The number of benzene rings is 1. The molecule has 2 N–H and O–H groups in total. The average Bonchev–Trinajstić information content (AvgIpc) is 3.41. The number of aromatic amines is 1. The summed E-state index contributed by atoms with van der Waals surface area (Å²) in [6.45, 7) is 3.12. The molecule has 5 rings (SSSR count). The summed E-state index contributed by atoms with van der Waals surface area (Å²) in [5.41, 5.74) is 4.23. The number of hydrogen-bond acceptors (Lipinski definition) is 6. The zero-order chi connectivity index (χ0) is 20.3. The number of fused-ring (bicyclic) bond motifs is 1. The number of thiazole rings is 1. The van der Waals surface area contributed by atoms with E-state index in [0.29, 0.717) is 17.3 Å². The van der Waals surface area contributed by atoms with E-state index in [0.717, 1.165) is 43.3 Å². The second-order valence-corrected chi connectivity index (χ2v) is 8.53. The number of pyridine rings is 1. The zero-order valence-corrected chi connectivity index (χ0v) is 17.3. The minimum absolute atomic E-state index is 0.495. The van der Waals surface area contributed by atoms with Crippen LogP contribution in [0.15, 0.2) is 54.0 Å². The first-order valence-corrected chi connectivity index (χ1v) is 11.0. The Morgan fingerprint density at radius 2 is 2.07 bits per heavy atom. The fraction of sp³-hybridized carbons (Fsp3) is 0.261. The molecule has 0 amide bonds. The molecule has 4 heterocycles. The van der Waals surface area contributed by atoms with Crippen LogP contribution in [0.2, 0.25) is 0 Å². The lowest BCUT2D eigenvalue weighted by molar-refractivity contribution is 0.202. The van der Waals surface area contributed by atoms with E-state index in [9.17, 15) is 0 Å². The lowest BCUT2D eigenvalue weighted by atomic mass is 9.94. The van der Waals surface area contributed by atoms with Gasteiger partial charge >= 0.3 is 0 Å². The second kappa shape index (κ2) is 8.27. The third-order valence-corrected chi connectivity index (χ3v) is 6.41. The highest BCUT2D eigenvalue weighted by Crippen LogP contribution is 2.32. The van der Waals surface area contributed by atoms with Crippen molar-refractivity contribution in [2.45, 2.75) is 25.3 Å². The van der Waals surface area contributed by atoms with Gasteiger partial charge in [0.15, 0.2) is 5.13 Å². The molecule has 4 aromatic rings. The Bertz CT molecular complexity index is 1160. The first-order chi connectivity index (χ1) is 14.8. The van der Waals surface area contributed by atoms with Gasteiger partial charge in [-0.15, -0.1) is 11.3 Å². The van der Waals surface area contributed by atoms with Crippen molar-refractivity contribution in [3.8, 4) is 6.07 Å². The lowest BCUT2D eigenvalue weighted by Crippen LogP contribution is -2.32. The summed E-state index contributed by atoms with van der Waals surface area (Å²) >= 11 is 1.59. The van der Waals surface area contributed by atoms with Gasteiger partial charge in [-0.25, -0.2) is 9.97 Å². The fourth-order valence-electron chi connectivity index (χ4n) is 4.06. The molecule has 1 aromatic carbocycles. The molecule has 1 fully saturated rings. The quantitative estimate of drug-likeness (QED) is 0.480. The van der Waals surface area contributed by atoms with Crippen LogP contribution in [0.4, 0.5) is 10.9 Å². The number of aromatic nitrogens is 3. The van der Waals surface area contributed by atoms with Crippen LogP contribution in [-0.4, -0.2) is 32.9 Å². The van der Waals surface area contributed by atoms with Gasteiger partial charge in [0, 0.05) is 35.3 Å². The molecule has 0 saturated carbocycles. The van der Waals surface area contributed by atoms with Crippen molar-refractivity contribution in [1.29, 1.82) is 5.26 Å². The van der Waals surface area contributed by atoms with Crippen molar-refractivity contribution in [2.75, 3.05) is 18.4 Å². The van der Waals surface area contributed by atoms with Crippen molar-refractivity contribution in [3.05, 3.63) is 71.0 Å². The molecule has 1 aliphatic heterocycles. The number of likely N-dealkylation sites (tertiary alicyclic amines) is 1. The first-order valence-electron chi connectivity index (χ1n) is 10.1. The molecule has 3 aromatic heterocycles. The van der Waals surface area contributed by atoms with Crippen LogP contribution in [0.3, 0.4) is 0 Å². The summed E-state index contributed by atoms with van der Waals surface area (Å²) < 4.78 is 0. The van der Waals surface area contributed by atoms with E-state index in [2.05, 4.69) is 62.0 Å². The largest absolute Gasteiger partial charge is 0.357 e. The molecule has 1 saturated heterocycles. The van der Waals surface area contributed by atoms with Crippen LogP contribution >= 0.6 is 11.3 Å².